The van der Waals surface area contributed by atoms with E-state index in [-0.39, 0.29) is 5.91 Å². The van der Waals surface area contributed by atoms with Gasteiger partial charge in [0.1, 0.15) is 0 Å². The number of nitrogens with one attached hydrogen (secondary N) is 2. The van der Waals surface area contributed by atoms with E-state index < -0.39 is 0 Å². The quantitative estimate of drug-likeness (QED) is 0.653. The molecule has 0 saturated carbocycles. The lowest BCUT2D eigenvalue weighted by atomic mass is 10.1. The SMILES string of the molecule is Cc1ccccc1Nc1ccccc1C(=O)Nc1c(C)cccc1C. The first-order valence-electron chi connectivity index (χ1n) is 8.35. The summed E-state index contributed by atoms with van der Waals surface area (Å²) in [7, 11) is 0. The third kappa shape index (κ3) is 3.72. The molecule has 0 aromatic heterocycles. The topological polar surface area (TPSA) is 41.1 Å². The van der Waals surface area contributed by atoms with Gasteiger partial charge in [-0.15, -0.1) is 0 Å². The lowest BCUT2D eigenvalue weighted by Crippen LogP contribution is -2.15. The molecule has 0 heterocycles. The summed E-state index contributed by atoms with van der Waals surface area (Å²) in [4.78, 5) is 12.9. The minimum absolute atomic E-state index is 0.117. The van der Waals surface area contributed by atoms with Gasteiger partial charge in [-0.3, -0.25) is 4.79 Å². The van der Waals surface area contributed by atoms with Crippen LogP contribution in [0.5, 0.6) is 0 Å². The summed E-state index contributed by atoms with van der Waals surface area (Å²) in [6.45, 7) is 6.04. The fourth-order valence-corrected chi connectivity index (χ4v) is 2.84. The maximum atomic E-state index is 12.9. The molecule has 3 aromatic carbocycles. The van der Waals surface area contributed by atoms with Gasteiger partial charge < -0.3 is 10.6 Å². The predicted molar refractivity (Wildman–Crippen MR) is 105 cm³/mol. The molecular weight excluding hydrogens is 308 g/mol. The number of hydrogen-bond donors (Lipinski definition) is 2. The smallest absolute Gasteiger partial charge is 0.257 e. The van der Waals surface area contributed by atoms with E-state index in [1.165, 1.54) is 0 Å². The Balaban J connectivity index is 1.90. The first kappa shape index (κ1) is 16.8. The Morgan fingerprint density at radius 1 is 0.680 bits per heavy atom. The molecule has 1 amide bonds. The van der Waals surface area contributed by atoms with Gasteiger partial charge in [0, 0.05) is 11.4 Å². The van der Waals surface area contributed by atoms with E-state index in [1.54, 1.807) is 0 Å². The van der Waals surface area contributed by atoms with Crippen molar-refractivity contribution < 1.29 is 4.79 Å². The highest BCUT2D eigenvalue weighted by Gasteiger charge is 2.14. The predicted octanol–water partition coefficient (Wildman–Crippen LogP) is 5.61. The number of rotatable bonds is 4. The van der Waals surface area contributed by atoms with Crippen molar-refractivity contribution >= 4 is 23.0 Å². The minimum atomic E-state index is -0.117. The van der Waals surface area contributed by atoms with Gasteiger partial charge in [-0.05, 0) is 55.7 Å². The average molecular weight is 330 g/mol. The average Bonchev–Trinajstić information content (AvgIpc) is 2.60. The maximum Gasteiger partial charge on any atom is 0.257 e. The molecule has 0 atom stereocenters. The van der Waals surface area contributed by atoms with E-state index in [0.29, 0.717) is 5.56 Å². The van der Waals surface area contributed by atoms with E-state index in [9.17, 15) is 4.79 Å². The van der Waals surface area contributed by atoms with Gasteiger partial charge in [0.2, 0.25) is 0 Å². The van der Waals surface area contributed by atoms with Gasteiger partial charge in [-0.1, -0.05) is 48.5 Å². The molecular formula is C22H22N2O. The zero-order valence-electron chi connectivity index (χ0n) is 14.8. The van der Waals surface area contributed by atoms with Crippen LogP contribution in [0.25, 0.3) is 0 Å². The number of aryl methyl sites for hydroxylation is 3. The Morgan fingerprint density at radius 2 is 1.24 bits per heavy atom. The van der Waals surface area contributed by atoms with Crippen LogP contribution in [0.15, 0.2) is 66.7 Å². The van der Waals surface area contributed by atoms with Crippen molar-refractivity contribution in [1.29, 1.82) is 0 Å². The summed E-state index contributed by atoms with van der Waals surface area (Å²) in [5.41, 5.74) is 6.52. The number of para-hydroxylation sites is 3. The molecule has 0 bridgehead atoms. The van der Waals surface area contributed by atoms with Crippen molar-refractivity contribution in [1.82, 2.24) is 0 Å². The van der Waals surface area contributed by atoms with Gasteiger partial charge in [0.05, 0.1) is 11.3 Å². The Hall–Kier alpha value is -3.07. The van der Waals surface area contributed by atoms with Crippen molar-refractivity contribution in [3.8, 4) is 0 Å². The summed E-state index contributed by atoms with van der Waals surface area (Å²) in [6.07, 6.45) is 0. The summed E-state index contributed by atoms with van der Waals surface area (Å²) >= 11 is 0. The molecule has 25 heavy (non-hydrogen) atoms. The Kier molecular flexibility index (Phi) is 4.85. The van der Waals surface area contributed by atoms with Crippen LogP contribution in [0.4, 0.5) is 17.1 Å². The summed E-state index contributed by atoms with van der Waals surface area (Å²) in [6, 6.07) is 21.6. The number of amides is 1. The number of carbonyl (C=O) groups is 1. The van der Waals surface area contributed by atoms with E-state index in [1.807, 2.05) is 87.5 Å². The van der Waals surface area contributed by atoms with E-state index >= 15 is 0 Å². The summed E-state index contributed by atoms with van der Waals surface area (Å²) < 4.78 is 0. The molecule has 3 nitrogen and oxygen atoms in total. The second kappa shape index (κ2) is 7.22. The van der Waals surface area contributed by atoms with Gasteiger partial charge in [-0.25, -0.2) is 0 Å². The van der Waals surface area contributed by atoms with Crippen molar-refractivity contribution in [3.63, 3.8) is 0 Å². The molecule has 0 saturated heterocycles. The molecule has 0 aliphatic rings. The van der Waals surface area contributed by atoms with Crippen LogP contribution in [0.3, 0.4) is 0 Å². The molecule has 0 fully saturated rings. The zero-order chi connectivity index (χ0) is 17.8. The van der Waals surface area contributed by atoms with Crippen LogP contribution >= 0.6 is 0 Å². The van der Waals surface area contributed by atoms with Gasteiger partial charge in [0.15, 0.2) is 0 Å². The first-order chi connectivity index (χ1) is 12.1. The molecule has 2 N–H and O–H groups in total. The van der Waals surface area contributed by atoms with Crippen LogP contribution in [0, 0.1) is 20.8 Å². The first-order valence-corrected chi connectivity index (χ1v) is 8.35. The molecule has 3 rings (SSSR count). The lowest BCUT2D eigenvalue weighted by Gasteiger charge is -2.15. The van der Waals surface area contributed by atoms with Crippen molar-refractivity contribution in [2.45, 2.75) is 20.8 Å². The van der Waals surface area contributed by atoms with Crippen LogP contribution in [0.1, 0.15) is 27.0 Å². The van der Waals surface area contributed by atoms with Crippen LogP contribution in [-0.4, -0.2) is 5.91 Å². The molecule has 3 heteroatoms. The fraction of sp³-hybridized carbons (Fsp3) is 0.136. The normalized spacial score (nSPS) is 10.4. The monoisotopic (exact) mass is 330 g/mol. The standard InChI is InChI=1S/C22H22N2O/c1-15-9-4-6-13-19(15)23-20-14-7-5-12-18(20)22(25)24-21-16(2)10-8-11-17(21)3/h4-14,23H,1-3H3,(H,24,25). The molecule has 0 unspecified atom stereocenters. The van der Waals surface area contributed by atoms with Crippen LogP contribution < -0.4 is 10.6 Å². The lowest BCUT2D eigenvalue weighted by molar-refractivity contribution is 0.102. The highest BCUT2D eigenvalue weighted by atomic mass is 16.1. The van der Waals surface area contributed by atoms with Gasteiger partial charge in [0.25, 0.3) is 5.91 Å². The molecule has 0 aliphatic carbocycles. The summed E-state index contributed by atoms with van der Waals surface area (Å²) in [5.74, 6) is -0.117. The van der Waals surface area contributed by atoms with Gasteiger partial charge >= 0.3 is 0 Å². The third-order valence-corrected chi connectivity index (χ3v) is 4.31. The highest BCUT2D eigenvalue weighted by Crippen LogP contribution is 2.25. The maximum absolute atomic E-state index is 12.9. The Labute approximate surface area is 148 Å². The van der Waals surface area contributed by atoms with E-state index in [4.69, 9.17) is 0 Å². The third-order valence-electron chi connectivity index (χ3n) is 4.31. The second-order valence-electron chi connectivity index (χ2n) is 6.21. The molecule has 0 spiro atoms. The van der Waals surface area contributed by atoms with Crippen LogP contribution in [-0.2, 0) is 0 Å². The minimum Gasteiger partial charge on any atom is -0.355 e. The largest absolute Gasteiger partial charge is 0.355 e. The van der Waals surface area contributed by atoms with Crippen molar-refractivity contribution in [3.05, 3.63) is 89.0 Å². The highest BCUT2D eigenvalue weighted by molar-refractivity contribution is 6.09. The zero-order valence-corrected chi connectivity index (χ0v) is 14.8. The fourth-order valence-electron chi connectivity index (χ4n) is 2.84. The Bertz CT molecular complexity index is 895. The van der Waals surface area contributed by atoms with Crippen molar-refractivity contribution in [2.24, 2.45) is 0 Å². The molecule has 3 aromatic rings. The summed E-state index contributed by atoms with van der Waals surface area (Å²) in [5, 5.41) is 6.43. The molecule has 0 aliphatic heterocycles. The number of anilines is 3. The molecule has 126 valence electrons. The van der Waals surface area contributed by atoms with Crippen LogP contribution in [0.2, 0.25) is 0 Å². The van der Waals surface area contributed by atoms with Crippen molar-refractivity contribution in [2.75, 3.05) is 10.6 Å². The molecule has 0 radical (unpaired) electrons. The number of hydrogen-bond acceptors (Lipinski definition) is 2. The number of benzene rings is 3. The van der Waals surface area contributed by atoms with E-state index in [2.05, 4.69) is 10.6 Å². The Morgan fingerprint density at radius 3 is 1.92 bits per heavy atom. The number of carbonyl (C=O) groups excluding carboxylic acids is 1. The van der Waals surface area contributed by atoms with Gasteiger partial charge in [-0.2, -0.15) is 0 Å². The second-order valence-corrected chi connectivity index (χ2v) is 6.21. The van der Waals surface area contributed by atoms with E-state index in [0.717, 1.165) is 33.8 Å².